The summed E-state index contributed by atoms with van der Waals surface area (Å²) < 4.78 is 0. The van der Waals surface area contributed by atoms with Crippen molar-refractivity contribution in [3.05, 3.63) is 58.7 Å². The number of nitrogens with zero attached hydrogens (tertiary/aromatic N) is 3. The van der Waals surface area contributed by atoms with Gasteiger partial charge >= 0.3 is 0 Å². The van der Waals surface area contributed by atoms with Crippen molar-refractivity contribution in [1.29, 1.82) is 5.26 Å². The number of nitrogens with one attached hydrogen (secondary N) is 1. The summed E-state index contributed by atoms with van der Waals surface area (Å²) in [6.45, 7) is 2.19. The quantitative estimate of drug-likeness (QED) is 0.822. The van der Waals surface area contributed by atoms with Crippen LogP contribution in [0.2, 0.25) is 5.02 Å². The van der Waals surface area contributed by atoms with Gasteiger partial charge in [-0.15, -0.1) is 0 Å². The van der Waals surface area contributed by atoms with Gasteiger partial charge < -0.3 is 10.2 Å². The van der Waals surface area contributed by atoms with E-state index >= 15 is 0 Å². The molecule has 0 radical (unpaired) electrons. The number of amides is 1. The van der Waals surface area contributed by atoms with E-state index in [2.05, 4.69) is 21.3 Å². The van der Waals surface area contributed by atoms with E-state index < -0.39 is 0 Å². The average molecular weight is 383 g/mol. The highest BCUT2D eigenvalue weighted by molar-refractivity contribution is 6.31. The summed E-state index contributed by atoms with van der Waals surface area (Å²) in [6, 6.07) is 13.3. The molecule has 3 rings (SSSR count). The van der Waals surface area contributed by atoms with Crippen LogP contribution in [0, 0.1) is 17.2 Å². The smallest absolute Gasteiger partial charge is 0.220 e. The Balaban J connectivity index is 1.49. The van der Waals surface area contributed by atoms with Gasteiger partial charge in [-0.3, -0.25) is 4.79 Å². The van der Waals surface area contributed by atoms with Gasteiger partial charge in [0, 0.05) is 37.3 Å². The summed E-state index contributed by atoms with van der Waals surface area (Å²) in [4.78, 5) is 18.8. The third-order valence-electron chi connectivity index (χ3n) is 4.94. The van der Waals surface area contributed by atoms with Crippen LogP contribution in [0.1, 0.15) is 36.8 Å². The lowest BCUT2D eigenvalue weighted by atomic mass is 9.93. The van der Waals surface area contributed by atoms with Gasteiger partial charge in [0.25, 0.3) is 0 Å². The lowest BCUT2D eigenvalue weighted by Gasteiger charge is -2.34. The zero-order valence-electron chi connectivity index (χ0n) is 15.2. The molecule has 1 aliphatic rings. The predicted octanol–water partition coefficient (Wildman–Crippen LogP) is 3.92. The maximum atomic E-state index is 12.2. The molecule has 1 aromatic heterocycles. The summed E-state index contributed by atoms with van der Waals surface area (Å²) in [6.07, 6.45) is 5.20. The highest BCUT2D eigenvalue weighted by atomic mass is 35.5. The van der Waals surface area contributed by atoms with E-state index in [4.69, 9.17) is 11.6 Å². The number of benzene rings is 1. The van der Waals surface area contributed by atoms with Crippen LogP contribution in [0.15, 0.2) is 42.6 Å². The Kier molecular flexibility index (Phi) is 6.67. The second-order valence-corrected chi connectivity index (χ2v) is 7.25. The first-order chi connectivity index (χ1) is 13.2. The fourth-order valence-electron chi connectivity index (χ4n) is 3.49. The predicted molar refractivity (Wildman–Crippen MR) is 106 cm³/mol. The number of pyridine rings is 1. The minimum absolute atomic E-state index is 0.0441. The van der Waals surface area contributed by atoms with Gasteiger partial charge in [-0.25, -0.2) is 4.98 Å². The number of piperidine rings is 1. The molecule has 1 aromatic carbocycles. The van der Waals surface area contributed by atoms with Crippen molar-refractivity contribution in [2.24, 2.45) is 5.92 Å². The van der Waals surface area contributed by atoms with Gasteiger partial charge in [0.15, 0.2) is 0 Å². The molecule has 1 saturated heterocycles. The number of carbonyl (C=O) groups is 1. The molecule has 0 saturated carbocycles. The van der Waals surface area contributed by atoms with Crippen LogP contribution in [0.5, 0.6) is 0 Å². The zero-order valence-corrected chi connectivity index (χ0v) is 16.0. The van der Waals surface area contributed by atoms with E-state index in [0.29, 0.717) is 29.5 Å². The van der Waals surface area contributed by atoms with E-state index in [-0.39, 0.29) is 5.91 Å². The molecule has 1 amide bonds. The van der Waals surface area contributed by atoms with Crippen LogP contribution in [0.3, 0.4) is 0 Å². The van der Waals surface area contributed by atoms with Crippen molar-refractivity contribution in [3.63, 3.8) is 0 Å². The first-order valence-electron chi connectivity index (χ1n) is 9.27. The number of aromatic nitrogens is 1. The topological polar surface area (TPSA) is 69.0 Å². The standard InChI is InChI=1S/C21H23ClN4O/c22-19-8-2-1-6-18(19)14-25-20(27)10-9-16-5-4-12-26(15-16)21-17(13-23)7-3-11-24-21/h1-3,6-8,11,16H,4-5,9-10,12,14-15H2,(H,25,27)/t16-/m0/s1. The normalized spacial score (nSPS) is 16.6. The molecule has 27 heavy (non-hydrogen) atoms. The number of hydrogen-bond donors (Lipinski definition) is 1. The molecule has 0 bridgehead atoms. The van der Waals surface area contributed by atoms with Gasteiger partial charge in [-0.2, -0.15) is 5.26 Å². The molecule has 0 aliphatic carbocycles. The van der Waals surface area contributed by atoms with Crippen LogP contribution < -0.4 is 10.2 Å². The number of carbonyl (C=O) groups excluding carboxylic acids is 1. The minimum atomic E-state index is 0.0441. The molecule has 1 N–H and O–H groups in total. The molecular weight excluding hydrogens is 360 g/mol. The molecule has 2 aromatic rings. The summed E-state index contributed by atoms with van der Waals surface area (Å²) in [5.74, 6) is 1.23. The maximum absolute atomic E-state index is 12.2. The van der Waals surface area contributed by atoms with E-state index in [1.54, 1.807) is 18.3 Å². The Hall–Kier alpha value is -2.58. The zero-order chi connectivity index (χ0) is 19.1. The van der Waals surface area contributed by atoms with Crippen LogP contribution in [0.4, 0.5) is 5.82 Å². The second-order valence-electron chi connectivity index (χ2n) is 6.85. The first kappa shape index (κ1) is 19.2. The summed E-state index contributed by atoms with van der Waals surface area (Å²) in [5.41, 5.74) is 1.53. The third kappa shape index (κ3) is 5.21. The molecule has 5 nitrogen and oxygen atoms in total. The monoisotopic (exact) mass is 382 g/mol. The van der Waals surface area contributed by atoms with Crippen molar-refractivity contribution in [2.75, 3.05) is 18.0 Å². The first-order valence-corrected chi connectivity index (χ1v) is 9.65. The SMILES string of the molecule is N#Cc1cccnc1N1CCC[C@@H](CCC(=O)NCc2ccccc2Cl)C1. The highest BCUT2D eigenvalue weighted by Gasteiger charge is 2.23. The maximum Gasteiger partial charge on any atom is 0.220 e. The number of anilines is 1. The molecule has 6 heteroatoms. The van der Waals surface area contributed by atoms with Gasteiger partial charge in [-0.1, -0.05) is 29.8 Å². The fraction of sp³-hybridized carbons (Fsp3) is 0.381. The van der Waals surface area contributed by atoms with E-state index in [1.807, 2.05) is 24.3 Å². The Bertz CT molecular complexity index is 833. The van der Waals surface area contributed by atoms with E-state index in [9.17, 15) is 10.1 Å². The third-order valence-corrected chi connectivity index (χ3v) is 5.31. The minimum Gasteiger partial charge on any atom is -0.355 e. The van der Waals surface area contributed by atoms with E-state index in [0.717, 1.165) is 43.7 Å². The Labute approximate surface area is 165 Å². The molecule has 140 valence electrons. The molecule has 1 fully saturated rings. The molecular formula is C21H23ClN4O. The van der Waals surface area contributed by atoms with Gasteiger partial charge in [0.05, 0.1) is 5.56 Å². The van der Waals surface area contributed by atoms with E-state index in [1.165, 1.54) is 0 Å². The largest absolute Gasteiger partial charge is 0.355 e. The van der Waals surface area contributed by atoms with Crippen LogP contribution >= 0.6 is 11.6 Å². The number of nitriles is 1. The molecule has 0 spiro atoms. The van der Waals surface area contributed by atoms with Crippen LogP contribution in [0.25, 0.3) is 0 Å². The molecule has 1 atom stereocenters. The lowest BCUT2D eigenvalue weighted by Crippen LogP contribution is -2.37. The van der Waals surface area contributed by atoms with Crippen molar-refractivity contribution in [1.82, 2.24) is 10.3 Å². The summed E-state index contributed by atoms with van der Waals surface area (Å²) in [5, 5.41) is 12.9. The van der Waals surface area contributed by atoms with Crippen LogP contribution in [-0.4, -0.2) is 24.0 Å². The summed E-state index contributed by atoms with van der Waals surface area (Å²) >= 11 is 6.12. The number of hydrogen-bond acceptors (Lipinski definition) is 4. The number of halogens is 1. The van der Waals surface area contributed by atoms with Gasteiger partial charge in [0.2, 0.25) is 5.91 Å². The number of rotatable bonds is 6. The molecule has 0 unspecified atom stereocenters. The van der Waals surface area contributed by atoms with Crippen molar-refractivity contribution in [2.45, 2.75) is 32.2 Å². The molecule has 2 heterocycles. The highest BCUT2D eigenvalue weighted by Crippen LogP contribution is 2.26. The molecule has 1 aliphatic heterocycles. The van der Waals surface area contributed by atoms with Gasteiger partial charge in [0.1, 0.15) is 11.9 Å². The van der Waals surface area contributed by atoms with Crippen LogP contribution in [-0.2, 0) is 11.3 Å². The lowest BCUT2D eigenvalue weighted by molar-refractivity contribution is -0.121. The van der Waals surface area contributed by atoms with Crippen molar-refractivity contribution in [3.8, 4) is 6.07 Å². The average Bonchev–Trinajstić information content (AvgIpc) is 2.72. The van der Waals surface area contributed by atoms with Crippen molar-refractivity contribution >= 4 is 23.3 Å². The van der Waals surface area contributed by atoms with Crippen molar-refractivity contribution < 1.29 is 4.79 Å². The Morgan fingerprint density at radius 1 is 1.33 bits per heavy atom. The fourth-order valence-corrected chi connectivity index (χ4v) is 3.69. The Morgan fingerprint density at radius 2 is 2.19 bits per heavy atom. The Morgan fingerprint density at radius 3 is 3.00 bits per heavy atom. The summed E-state index contributed by atoms with van der Waals surface area (Å²) in [7, 11) is 0. The van der Waals surface area contributed by atoms with Gasteiger partial charge in [-0.05, 0) is 48.9 Å². The second kappa shape index (κ2) is 9.38.